The SMILES string of the molecule is CNC(=O)c1ccc(NC(=O)c2cccc(S(=O)(=O)NCC3CCCO3)c2)cc1. The first-order chi connectivity index (χ1) is 13.9. The lowest BCUT2D eigenvalue weighted by Gasteiger charge is -2.12. The maximum atomic E-state index is 12.5. The minimum Gasteiger partial charge on any atom is -0.377 e. The molecule has 3 N–H and O–H groups in total. The molecular formula is C20H23N3O5S. The normalized spacial score (nSPS) is 16.4. The molecule has 2 aromatic carbocycles. The summed E-state index contributed by atoms with van der Waals surface area (Å²) in [6.45, 7) is 0.850. The number of amides is 2. The lowest BCUT2D eigenvalue weighted by molar-refractivity contribution is 0.0962. The molecule has 0 bridgehead atoms. The maximum absolute atomic E-state index is 12.5. The summed E-state index contributed by atoms with van der Waals surface area (Å²) in [5, 5.41) is 5.21. The topological polar surface area (TPSA) is 114 Å². The summed E-state index contributed by atoms with van der Waals surface area (Å²) in [6.07, 6.45) is 1.63. The van der Waals surface area contributed by atoms with E-state index in [0.29, 0.717) is 17.9 Å². The molecule has 29 heavy (non-hydrogen) atoms. The number of anilines is 1. The van der Waals surface area contributed by atoms with Gasteiger partial charge in [0.1, 0.15) is 0 Å². The van der Waals surface area contributed by atoms with E-state index >= 15 is 0 Å². The monoisotopic (exact) mass is 417 g/mol. The van der Waals surface area contributed by atoms with Crippen LogP contribution in [-0.4, -0.2) is 46.5 Å². The van der Waals surface area contributed by atoms with E-state index in [0.717, 1.165) is 12.8 Å². The first kappa shape index (κ1) is 21.0. The third kappa shape index (κ3) is 5.41. The van der Waals surface area contributed by atoms with E-state index in [1.54, 1.807) is 24.3 Å². The quantitative estimate of drug-likeness (QED) is 0.635. The van der Waals surface area contributed by atoms with E-state index in [1.165, 1.54) is 31.3 Å². The van der Waals surface area contributed by atoms with Gasteiger partial charge in [0, 0.05) is 37.0 Å². The number of carbonyl (C=O) groups is 2. The molecule has 0 saturated carbocycles. The predicted molar refractivity (Wildman–Crippen MR) is 108 cm³/mol. The molecule has 1 atom stereocenters. The van der Waals surface area contributed by atoms with Gasteiger partial charge in [-0.1, -0.05) is 6.07 Å². The lowest BCUT2D eigenvalue weighted by Crippen LogP contribution is -2.32. The van der Waals surface area contributed by atoms with Gasteiger partial charge in [-0.05, 0) is 55.3 Å². The predicted octanol–water partition coefficient (Wildman–Crippen LogP) is 1.76. The van der Waals surface area contributed by atoms with E-state index in [2.05, 4.69) is 15.4 Å². The van der Waals surface area contributed by atoms with E-state index in [9.17, 15) is 18.0 Å². The highest BCUT2D eigenvalue weighted by Gasteiger charge is 2.21. The fourth-order valence-corrected chi connectivity index (χ4v) is 4.06. The zero-order chi connectivity index (χ0) is 20.9. The third-order valence-electron chi connectivity index (χ3n) is 4.56. The number of nitrogens with one attached hydrogen (secondary N) is 3. The van der Waals surface area contributed by atoms with Gasteiger partial charge in [-0.2, -0.15) is 0 Å². The summed E-state index contributed by atoms with van der Waals surface area (Å²) in [5.74, 6) is -0.676. The van der Waals surface area contributed by atoms with Crippen LogP contribution in [0.15, 0.2) is 53.4 Å². The molecule has 1 aliphatic heterocycles. The Kier molecular flexibility index (Phi) is 6.63. The number of hydrogen-bond donors (Lipinski definition) is 3. The van der Waals surface area contributed by atoms with Crippen molar-refractivity contribution < 1.29 is 22.7 Å². The zero-order valence-corrected chi connectivity index (χ0v) is 16.8. The van der Waals surface area contributed by atoms with Crippen LogP contribution < -0.4 is 15.4 Å². The van der Waals surface area contributed by atoms with Crippen LogP contribution in [-0.2, 0) is 14.8 Å². The Morgan fingerprint density at radius 2 is 1.83 bits per heavy atom. The van der Waals surface area contributed by atoms with E-state index in [-0.39, 0.29) is 29.0 Å². The van der Waals surface area contributed by atoms with Gasteiger partial charge < -0.3 is 15.4 Å². The molecule has 0 aromatic heterocycles. The molecule has 3 rings (SSSR count). The van der Waals surface area contributed by atoms with Crippen LogP contribution in [0.25, 0.3) is 0 Å². The van der Waals surface area contributed by atoms with Crippen LogP contribution in [0.4, 0.5) is 5.69 Å². The van der Waals surface area contributed by atoms with Crippen LogP contribution in [0.1, 0.15) is 33.6 Å². The van der Waals surface area contributed by atoms with Crippen molar-refractivity contribution in [2.45, 2.75) is 23.8 Å². The molecule has 8 nitrogen and oxygen atoms in total. The van der Waals surface area contributed by atoms with Crippen LogP contribution >= 0.6 is 0 Å². The van der Waals surface area contributed by atoms with Crippen LogP contribution in [0.5, 0.6) is 0 Å². The second-order valence-electron chi connectivity index (χ2n) is 6.63. The Balaban J connectivity index is 1.67. The number of hydrogen-bond acceptors (Lipinski definition) is 5. The largest absolute Gasteiger partial charge is 0.377 e. The number of sulfonamides is 1. The summed E-state index contributed by atoms with van der Waals surface area (Å²) in [5.41, 5.74) is 1.17. The van der Waals surface area contributed by atoms with Gasteiger partial charge in [0.05, 0.1) is 11.0 Å². The molecule has 154 valence electrons. The fraction of sp³-hybridized carbons (Fsp3) is 0.300. The molecule has 0 radical (unpaired) electrons. The number of benzene rings is 2. The summed E-state index contributed by atoms with van der Waals surface area (Å²) in [7, 11) is -2.21. The third-order valence-corrected chi connectivity index (χ3v) is 5.98. The second-order valence-corrected chi connectivity index (χ2v) is 8.39. The highest BCUT2D eigenvalue weighted by Crippen LogP contribution is 2.16. The minimum atomic E-state index is -3.75. The molecule has 1 heterocycles. The Bertz CT molecular complexity index is 983. The fourth-order valence-electron chi connectivity index (χ4n) is 2.95. The minimum absolute atomic E-state index is 0.0121. The van der Waals surface area contributed by atoms with Crippen molar-refractivity contribution in [2.24, 2.45) is 0 Å². The zero-order valence-electron chi connectivity index (χ0n) is 16.0. The molecule has 1 aliphatic rings. The molecule has 1 fully saturated rings. The summed E-state index contributed by atoms with van der Waals surface area (Å²) in [6, 6.07) is 12.2. The van der Waals surface area contributed by atoms with Gasteiger partial charge in [-0.3, -0.25) is 9.59 Å². The van der Waals surface area contributed by atoms with Crippen molar-refractivity contribution in [3.05, 3.63) is 59.7 Å². The molecule has 0 spiro atoms. The number of rotatable bonds is 7. The maximum Gasteiger partial charge on any atom is 0.255 e. The highest BCUT2D eigenvalue weighted by molar-refractivity contribution is 7.89. The summed E-state index contributed by atoms with van der Waals surface area (Å²) in [4.78, 5) is 24.1. The van der Waals surface area contributed by atoms with Gasteiger partial charge in [0.2, 0.25) is 10.0 Å². The summed E-state index contributed by atoms with van der Waals surface area (Å²) < 4.78 is 33.0. The Morgan fingerprint density at radius 1 is 1.07 bits per heavy atom. The number of ether oxygens (including phenoxy) is 1. The van der Waals surface area contributed by atoms with Crippen LogP contribution in [0, 0.1) is 0 Å². The lowest BCUT2D eigenvalue weighted by atomic mass is 10.1. The van der Waals surface area contributed by atoms with Crippen molar-refractivity contribution in [3.63, 3.8) is 0 Å². The molecule has 0 aliphatic carbocycles. The van der Waals surface area contributed by atoms with Gasteiger partial charge >= 0.3 is 0 Å². The van der Waals surface area contributed by atoms with Crippen molar-refractivity contribution >= 4 is 27.5 Å². The number of carbonyl (C=O) groups excluding carboxylic acids is 2. The first-order valence-electron chi connectivity index (χ1n) is 9.24. The molecular weight excluding hydrogens is 394 g/mol. The van der Waals surface area contributed by atoms with Crippen molar-refractivity contribution in [3.8, 4) is 0 Å². The van der Waals surface area contributed by atoms with Gasteiger partial charge in [0.25, 0.3) is 11.8 Å². The average Bonchev–Trinajstić information content (AvgIpc) is 3.26. The smallest absolute Gasteiger partial charge is 0.255 e. The van der Waals surface area contributed by atoms with Gasteiger partial charge in [-0.15, -0.1) is 0 Å². The van der Waals surface area contributed by atoms with Crippen molar-refractivity contribution in [1.29, 1.82) is 0 Å². The molecule has 9 heteroatoms. The second kappa shape index (κ2) is 9.17. The van der Waals surface area contributed by atoms with E-state index in [1.807, 2.05) is 0 Å². The molecule has 2 aromatic rings. The van der Waals surface area contributed by atoms with Gasteiger partial charge in [-0.25, -0.2) is 13.1 Å². The van der Waals surface area contributed by atoms with Crippen LogP contribution in [0.2, 0.25) is 0 Å². The Morgan fingerprint density at radius 3 is 2.48 bits per heavy atom. The van der Waals surface area contributed by atoms with Crippen LogP contribution in [0.3, 0.4) is 0 Å². The van der Waals surface area contributed by atoms with Crippen molar-refractivity contribution in [2.75, 3.05) is 25.5 Å². The molecule has 2 amide bonds. The van der Waals surface area contributed by atoms with Crippen molar-refractivity contribution in [1.82, 2.24) is 10.0 Å². The van der Waals surface area contributed by atoms with E-state index in [4.69, 9.17) is 4.74 Å². The Labute approximate surface area is 169 Å². The van der Waals surface area contributed by atoms with Gasteiger partial charge in [0.15, 0.2) is 0 Å². The standard InChI is InChI=1S/C20H23N3O5S/c1-21-19(24)14-7-9-16(10-8-14)23-20(25)15-4-2-6-18(12-15)29(26,27)22-13-17-5-3-11-28-17/h2,4,6-10,12,17,22H,3,5,11,13H2,1H3,(H,21,24)(H,23,25). The highest BCUT2D eigenvalue weighted by atomic mass is 32.2. The van der Waals surface area contributed by atoms with E-state index < -0.39 is 15.9 Å². The molecule has 1 saturated heterocycles. The molecule has 1 unspecified atom stereocenters. The first-order valence-corrected chi connectivity index (χ1v) is 10.7. The Hall–Kier alpha value is -2.75. The average molecular weight is 417 g/mol. The summed E-state index contributed by atoms with van der Waals surface area (Å²) >= 11 is 0.